The smallest absolute Gasteiger partial charge is 0.261 e. The highest BCUT2D eigenvalue weighted by molar-refractivity contribution is 6.06. The van der Waals surface area contributed by atoms with Crippen molar-refractivity contribution < 1.29 is 19.0 Å². The minimum absolute atomic E-state index is 0.0164. The zero-order valence-electron chi connectivity index (χ0n) is 17.4. The van der Waals surface area contributed by atoms with Crippen LogP contribution in [0.4, 0.5) is 5.95 Å². The molecular formula is C22H24N4O4. The largest absolute Gasteiger partial charge is 0.493 e. The first-order valence-corrected chi connectivity index (χ1v) is 9.67. The maximum absolute atomic E-state index is 13.5. The summed E-state index contributed by atoms with van der Waals surface area (Å²) in [6.45, 7) is 2.02. The average molecular weight is 408 g/mol. The third-order valence-corrected chi connectivity index (χ3v) is 5.38. The van der Waals surface area contributed by atoms with E-state index in [2.05, 4.69) is 22.2 Å². The number of ether oxygens (including phenoxy) is 3. The molecular weight excluding hydrogens is 384 g/mol. The van der Waals surface area contributed by atoms with Crippen molar-refractivity contribution in [1.82, 2.24) is 14.8 Å². The minimum Gasteiger partial charge on any atom is -0.493 e. The van der Waals surface area contributed by atoms with Crippen molar-refractivity contribution in [2.45, 2.75) is 25.4 Å². The Hall–Kier alpha value is -3.55. The Kier molecular flexibility index (Phi) is 5.31. The van der Waals surface area contributed by atoms with Gasteiger partial charge in [0.15, 0.2) is 11.5 Å². The first kappa shape index (κ1) is 19.8. The summed E-state index contributed by atoms with van der Waals surface area (Å²) in [6.07, 6.45) is 2.20. The molecule has 0 saturated carbocycles. The second kappa shape index (κ2) is 8.06. The van der Waals surface area contributed by atoms with Gasteiger partial charge in [-0.15, -0.1) is 0 Å². The van der Waals surface area contributed by atoms with Gasteiger partial charge in [-0.25, -0.2) is 4.68 Å². The third kappa shape index (κ3) is 3.24. The van der Waals surface area contributed by atoms with E-state index in [1.165, 1.54) is 27.7 Å². The van der Waals surface area contributed by atoms with Gasteiger partial charge in [0, 0.05) is 11.6 Å². The van der Waals surface area contributed by atoms with Crippen LogP contribution < -0.4 is 19.1 Å². The molecule has 3 aromatic rings. The van der Waals surface area contributed by atoms with E-state index in [9.17, 15) is 4.79 Å². The summed E-state index contributed by atoms with van der Waals surface area (Å²) in [4.78, 5) is 19.6. The van der Waals surface area contributed by atoms with Gasteiger partial charge in [-0.2, -0.15) is 10.1 Å². The van der Waals surface area contributed by atoms with Crippen LogP contribution in [0.1, 0.15) is 35.3 Å². The number of carbonyl (C=O) groups excluding carboxylic acids is 1. The Labute approximate surface area is 175 Å². The zero-order valence-corrected chi connectivity index (χ0v) is 17.4. The molecule has 0 aliphatic carbocycles. The summed E-state index contributed by atoms with van der Waals surface area (Å²) < 4.78 is 18.0. The van der Waals surface area contributed by atoms with Crippen LogP contribution in [0.25, 0.3) is 0 Å². The predicted molar refractivity (Wildman–Crippen MR) is 112 cm³/mol. The molecule has 0 bridgehead atoms. The number of nitrogens with zero attached hydrogens (tertiary/aromatic N) is 4. The molecule has 1 aliphatic rings. The number of aromatic nitrogens is 3. The van der Waals surface area contributed by atoms with E-state index in [1.54, 1.807) is 17.0 Å². The number of anilines is 1. The lowest BCUT2D eigenvalue weighted by molar-refractivity contribution is 0.0965. The van der Waals surface area contributed by atoms with Gasteiger partial charge < -0.3 is 14.2 Å². The summed E-state index contributed by atoms with van der Waals surface area (Å²) in [5, 5.41) is 4.41. The molecule has 0 saturated heterocycles. The molecule has 2 aromatic carbocycles. The summed E-state index contributed by atoms with van der Waals surface area (Å²) in [5.41, 5.74) is 1.56. The molecule has 0 N–H and O–H groups in total. The van der Waals surface area contributed by atoms with Gasteiger partial charge >= 0.3 is 0 Å². The lowest BCUT2D eigenvalue weighted by Gasteiger charge is -2.37. The van der Waals surface area contributed by atoms with E-state index in [0.717, 1.165) is 12.0 Å². The van der Waals surface area contributed by atoms with Gasteiger partial charge in [-0.3, -0.25) is 9.69 Å². The molecule has 0 radical (unpaired) electrons. The summed E-state index contributed by atoms with van der Waals surface area (Å²) >= 11 is 0. The Balaban J connectivity index is 1.75. The van der Waals surface area contributed by atoms with Crippen LogP contribution in [-0.2, 0) is 0 Å². The van der Waals surface area contributed by atoms with Gasteiger partial charge in [-0.1, -0.05) is 30.3 Å². The molecule has 8 nitrogen and oxygen atoms in total. The molecule has 0 spiro atoms. The minimum atomic E-state index is -0.206. The summed E-state index contributed by atoms with van der Waals surface area (Å²) in [6, 6.07) is 13.4. The van der Waals surface area contributed by atoms with Crippen LogP contribution in [0.15, 0.2) is 48.8 Å². The van der Waals surface area contributed by atoms with Crippen molar-refractivity contribution in [3.8, 4) is 17.2 Å². The Morgan fingerprint density at radius 1 is 1.03 bits per heavy atom. The van der Waals surface area contributed by atoms with Gasteiger partial charge in [-0.05, 0) is 31.0 Å². The Morgan fingerprint density at radius 2 is 1.70 bits per heavy atom. The van der Waals surface area contributed by atoms with Crippen LogP contribution in [0, 0.1) is 0 Å². The highest BCUT2D eigenvalue weighted by atomic mass is 16.5. The van der Waals surface area contributed by atoms with Crippen LogP contribution in [0.3, 0.4) is 0 Å². The van der Waals surface area contributed by atoms with E-state index in [1.807, 2.05) is 29.8 Å². The van der Waals surface area contributed by atoms with Crippen LogP contribution in [0.5, 0.6) is 17.2 Å². The van der Waals surface area contributed by atoms with Crippen molar-refractivity contribution in [3.05, 3.63) is 59.9 Å². The zero-order chi connectivity index (χ0) is 21.3. The van der Waals surface area contributed by atoms with Gasteiger partial charge in [0.05, 0.1) is 27.4 Å². The summed E-state index contributed by atoms with van der Waals surface area (Å²) in [7, 11) is 4.58. The highest BCUT2D eigenvalue weighted by Gasteiger charge is 2.37. The molecule has 4 rings (SSSR count). The Morgan fingerprint density at radius 3 is 2.30 bits per heavy atom. The van der Waals surface area contributed by atoms with Gasteiger partial charge in [0.1, 0.15) is 6.33 Å². The summed E-state index contributed by atoms with van der Waals surface area (Å²) in [5.74, 6) is 1.60. The number of methoxy groups -OCH3 is 3. The lowest BCUT2D eigenvalue weighted by Crippen LogP contribution is -2.46. The maximum atomic E-state index is 13.5. The van der Waals surface area contributed by atoms with E-state index < -0.39 is 0 Å². The molecule has 1 aromatic heterocycles. The molecule has 8 heteroatoms. The molecule has 0 fully saturated rings. The quantitative estimate of drug-likeness (QED) is 0.644. The number of fused-ring (bicyclic) bond motifs is 1. The molecule has 2 atom stereocenters. The number of benzene rings is 2. The number of amides is 1. The monoisotopic (exact) mass is 408 g/mol. The predicted octanol–water partition coefficient (Wildman–Crippen LogP) is 3.33. The molecule has 1 aliphatic heterocycles. The number of rotatable bonds is 5. The number of hydrogen-bond acceptors (Lipinski definition) is 6. The topological polar surface area (TPSA) is 78.7 Å². The van der Waals surface area contributed by atoms with Crippen molar-refractivity contribution in [2.24, 2.45) is 0 Å². The highest BCUT2D eigenvalue weighted by Crippen LogP contribution is 2.40. The normalized spacial score (nSPS) is 17.9. The van der Waals surface area contributed by atoms with E-state index in [0.29, 0.717) is 28.8 Å². The molecule has 30 heavy (non-hydrogen) atoms. The van der Waals surface area contributed by atoms with Crippen molar-refractivity contribution in [2.75, 3.05) is 26.2 Å². The van der Waals surface area contributed by atoms with Crippen molar-refractivity contribution in [3.63, 3.8) is 0 Å². The molecule has 2 heterocycles. The van der Waals surface area contributed by atoms with Gasteiger partial charge in [0.2, 0.25) is 11.7 Å². The van der Waals surface area contributed by atoms with Crippen molar-refractivity contribution in [1.29, 1.82) is 0 Å². The fourth-order valence-corrected chi connectivity index (χ4v) is 3.95. The van der Waals surface area contributed by atoms with Crippen molar-refractivity contribution >= 4 is 11.9 Å². The average Bonchev–Trinajstić information content (AvgIpc) is 3.27. The van der Waals surface area contributed by atoms with E-state index in [-0.39, 0.29) is 18.0 Å². The fraction of sp³-hybridized carbons (Fsp3) is 0.318. The molecule has 156 valence electrons. The number of hydrogen-bond donors (Lipinski definition) is 0. The molecule has 1 amide bonds. The van der Waals surface area contributed by atoms with E-state index in [4.69, 9.17) is 14.2 Å². The SMILES string of the molecule is COc1cc(C(=O)N2c3ncnn3[C@@H](c3ccccc3)C[C@@H]2C)cc(OC)c1OC. The van der Waals surface area contributed by atoms with Gasteiger partial charge in [0.25, 0.3) is 5.91 Å². The first-order valence-electron chi connectivity index (χ1n) is 9.67. The van der Waals surface area contributed by atoms with Crippen LogP contribution in [0.2, 0.25) is 0 Å². The maximum Gasteiger partial charge on any atom is 0.261 e. The van der Waals surface area contributed by atoms with E-state index >= 15 is 0 Å². The Bertz CT molecular complexity index is 1030. The lowest BCUT2D eigenvalue weighted by atomic mass is 9.97. The number of carbonyl (C=O) groups is 1. The second-order valence-electron chi connectivity index (χ2n) is 7.10. The van der Waals surface area contributed by atoms with Crippen LogP contribution >= 0.6 is 0 Å². The fourth-order valence-electron chi connectivity index (χ4n) is 3.95. The standard InChI is InChI=1S/C22H24N4O4/c1-14-10-17(15-8-6-5-7-9-15)26-22(23-13-24-26)25(14)21(27)16-11-18(28-2)20(30-4)19(12-16)29-3/h5-9,11-14,17H,10H2,1-4H3/t14-,17+/m0/s1. The second-order valence-corrected chi connectivity index (χ2v) is 7.10. The first-order chi connectivity index (χ1) is 14.6. The van der Waals surface area contributed by atoms with Crippen LogP contribution in [-0.4, -0.2) is 48.0 Å². The molecule has 0 unspecified atom stereocenters. The third-order valence-electron chi connectivity index (χ3n) is 5.38.